The molecule has 0 bridgehead atoms. The van der Waals surface area contributed by atoms with Crippen LogP contribution in [0.1, 0.15) is 31.9 Å². The minimum absolute atomic E-state index is 0.418. The summed E-state index contributed by atoms with van der Waals surface area (Å²) in [6, 6.07) is 0. The van der Waals surface area contributed by atoms with E-state index in [-0.39, 0.29) is 0 Å². The highest BCUT2D eigenvalue weighted by Gasteiger charge is 2.17. The Bertz CT molecular complexity index is 350. The lowest BCUT2D eigenvalue weighted by Gasteiger charge is -2.17. The maximum Gasteiger partial charge on any atom is 0.0820 e. The summed E-state index contributed by atoms with van der Waals surface area (Å²) in [6.45, 7) is 6.22. The largest absolute Gasteiger partial charge is 0.308 e. The lowest BCUT2D eigenvalue weighted by atomic mass is 10.0. The molecular formula is C12H21BrClN3. The van der Waals surface area contributed by atoms with E-state index in [9.17, 15) is 0 Å². The van der Waals surface area contributed by atoms with Crippen LogP contribution in [0.5, 0.6) is 0 Å². The first kappa shape index (κ1) is 15.0. The van der Waals surface area contributed by atoms with Crippen LogP contribution < -0.4 is 0 Å². The highest BCUT2D eigenvalue weighted by Crippen LogP contribution is 2.29. The zero-order valence-electron chi connectivity index (χ0n) is 11.0. The molecule has 0 radical (unpaired) electrons. The molecule has 1 aromatic rings. The minimum Gasteiger partial charge on any atom is -0.308 e. The van der Waals surface area contributed by atoms with Gasteiger partial charge in [-0.1, -0.05) is 41.4 Å². The number of nitrogens with zero attached hydrogens (tertiary/aromatic N) is 3. The second-order valence-corrected chi connectivity index (χ2v) is 6.79. The molecule has 0 N–H and O–H groups in total. The number of alkyl halides is 1. The van der Waals surface area contributed by atoms with Gasteiger partial charge in [0.25, 0.3) is 0 Å². The zero-order valence-corrected chi connectivity index (χ0v) is 13.3. The molecule has 1 heterocycles. The first-order valence-electron chi connectivity index (χ1n) is 5.91. The molecule has 0 aliphatic carbocycles. The van der Waals surface area contributed by atoms with Crippen LogP contribution >= 0.6 is 27.5 Å². The van der Waals surface area contributed by atoms with Crippen molar-refractivity contribution < 1.29 is 0 Å². The van der Waals surface area contributed by atoms with Gasteiger partial charge in [-0.25, -0.2) is 0 Å². The SMILES string of the molecule is CC(Br)CC(C)c1c(Cl)cnn1CCN(C)C. The van der Waals surface area contributed by atoms with Gasteiger partial charge in [0, 0.05) is 17.3 Å². The van der Waals surface area contributed by atoms with E-state index in [2.05, 4.69) is 53.9 Å². The highest BCUT2D eigenvalue weighted by molar-refractivity contribution is 9.09. The molecular weight excluding hydrogens is 302 g/mol. The summed E-state index contributed by atoms with van der Waals surface area (Å²) in [6.07, 6.45) is 2.81. The molecule has 1 rings (SSSR count). The Kier molecular flexibility index (Phi) is 5.97. The minimum atomic E-state index is 0.418. The number of likely N-dealkylation sites (N-methyl/N-ethyl adjacent to an activating group) is 1. The normalized spacial score (nSPS) is 15.2. The van der Waals surface area contributed by atoms with Gasteiger partial charge in [0.05, 0.1) is 23.5 Å². The van der Waals surface area contributed by atoms with Crippen LogP contribution in [-0.2, 0) is 6.54 Å². The number of rotatable bonds is 6. The molecule has 0 aliphatic rings. The van der Waals surface area contributed by atoms with Crippen molar-refractivity contribution in [2.24, 2.45) is 0 Å². The van der Waals surface area contributed by atoms with Crippen molar-refractivity contribution in [3.8, 4) is 0 Å². The summed E-state index contributed by atoms with van der Waals surface area (Å²) in [5.41, 5.74) is 1.15. The van der Waals surface area contributed by atoms with Gasteiger partial charge in [-0.15, -0.1) is 0 Å². The van der Waals surface area contributed by atoms with Crippen molar-refractivity contribution in [1.29, 1.82) is 0 Å². The van der Waals surface area contributed by atoms with Crippen LogP contribution in [0, 0.1) is 0 Å². The zero-order chi connectivity index (χ0) is 13.0. The Labute approximate surface area is 117 Å². The van der Waals surface area contributed by atoms with Crippen LogP contribution in [0.25, 0.3) is 0 Å². The van der Waals surface area contributed by atoms with Gasteiger partial charge in [-0.05, 0) is 20.5 Å². The molecule has 0 fully saturated rings. The van der Waals surface area contributed by atoms with Gasteiger partial charge in [-0.3, -0.25) is 4.68 Å². The first-order chi connectivity index (χ1) is 7.91. The number of hydrogen-bond donors (Lipinski definition) is 0. The van der Waals surface area contributed by atoms with Crippen LogP contribution in [0.3, 0.4) is 0 Å². The summed E-state index contributed by atoms with van der Waals surface area (Å²) in [4.78, 5) is 2.64. The molecule has 0 spiro atoms. The lowest BCUT2D eigenvalue weighted by molar-refractivity contribution is 0.366. The molecule has 5 heteroatoms. The van der Waals surface area contributed by atoms with E-state index >= 15 is 0 Å². The Morgan fingerprint density at radius 3 is 2.65 bits per heavy atom. The first-order valence-corrected chi connectivity index (χ1v) is 7.21. The smallest absolute Gasteiger partial charge is 0.0820 e. The topological polar surface area (TPSA) is 21.1 Å². The molecule has 0 aliphatic heterocycles. The van der Waals surface area contributed by atoms with E-state index in [1.165, 1.54) is 0 Å². The maximum atomic E-state index is 6.23. The fourth-order valence-electron chi connectivity index (χ4n) is 1.93. The Hall–Kier alpha value is -0.0600. The molecule has 0 saturated carbocycles. The third-order valence-corrected chi connectivity index (χ3v) is 3.40. The molecule has 0 saturated heterocycles. The summed E-state index contributed by atoms with van der Waals surface area (Å²) >= 11 is 9.82. The Balaban J connectivity index is 2.78. The molecule has 2 unspecified atom stereocenters. The van der Waals surface area contributed by atoms with Gasteiger partial charge < -0.3 is 4.90 Å². The third-order valence-electron chi connectivity index (χ3n) is 2.74. The Morgan fingerprint density at radius 1 is 1.47 bits per heavy atom. The lowest BCUT2D eigenvalue weighted by Crippen LogP contribution is -2.21. The summed E-state index contributed by atoms with van der Waals surface area (Å²) in [7, 11) is 4.13. The molecule has 3 nitrogen and oxygen atoms in total. The molecule has 0 aromatic carbocycles. The monoisotopic (exact) mass is 321 g/mol. The van der Waals surface area contributed by atoms with Crippen LogP contribution in [0.4, 0.5) is 0 Å². The number of aromatic nitrogens is 2. The van der Waals surface area contributed by atoms with Gasteiger partial charge in [0.2, 0.25) is 0 Å². The summed E-state index contributed by atoms with van der Waals surface area (Å²) < 4.78 is 2.03. The Morgan fingerprint density at radius 2 is 2.12 bits per heavy atom. The highest BCUT2D eigenvalue weighted by atomic mass is 79.9. The van der Waals surface area contributed by atoms with Crippen LogP contribution in [0.15, 0.2) is 6.20 Å². The quantitative estimate of drug-likeness (QED) is 0.749. The van der Waals surface area contributed by atoms with E-state index in [1.54, 1.807) is 6.20 Å². The molecule has 17 heavy (non-hydrogen) atoms. The van der Waals surface area contributed by atoms with Gasteiger partial charge in [0.15, 0.2) is 0 Å². The second kappa shape index (κ2) is 6.76. The maximum absolute atomic E-state index is 6.23. The van der Waals surface area contributed by atoms with E-state index in [1.807, 2.05) is 4.68 Å². The van der Waals surface area contributed by atoms with Crippen molar-refractivity contribution in [1.82, 2.24) is 14.7 Å². The fraction of sp³-hybridized carbons (Fsp3) is 0.750. The van der Waals surface area contributed by atoms with Crippen molar-refractivity contribution in [3.63, 3.8) is 0 Å². The molecule has 1 aromatic heterocycles. The predicted octanol–water partition coefficient (Wildman–Crippen LogP) is 3.38. The third kappa shape index (κ3) is 4.60. The van der Waals surface area contributed by atoms with Gasteiger partial charge in [0.1, 0.15) is 0 Å². The molecule has 0 amide bonds. The average molecular weight is 323 g/mol. The van der Waals surface area contributed by atoms with Crippen LogP contribution in [0.2, 0.25) is 5.02 Å². The molecule has 2 atom stereocenters. The standard InChI is InChI=1S/C12H21BrClN3/c1-9(7-10(2)13)12-11(14)8-15-17(12)6-5-16(3)4/h8-10H,5-7H2,1-4H3. The van der Waals surface area contributed by atoms with Crippen molar-refractivity contribution >= 4 is 27.5 Å². The van der Waals surface area contributed by atoms with Crippen molar-refractivity contribution in [3.05, 3.63) is 16.9 Å². The number of halogens is 2. The van der Waals surface area contributed by atoms with Crippen molar-refractivity contribution in [2.45, 2.75) is 37.6 Å². The summed E-state index contributed by atoms with van der Waals surface area (Å²) in [5.74, 6) is 0.418. The van der Waals surface area contributed by atoms with E-state index < -0.39 is 0 Å². The van der Waals surface area contributed by atoms with Gasteiger partial charge in [-0.2, -0.15) is 5.10 Å². The van der Waals surface area contributed by atoms with Crippen molar-refractivity contribution in [2.75, 3.05) is 20.6 Å². The van der Waals surface area contributed by atoms with E-state index in [0.717, 1.165) is 30.2 Å². The second-order valence-electron chi connectivity index (χ2n) is 4.82. The van der Waals surface area contributed by atoms with Crippen LogP contribution in [-0.4, -0.2) is 40.1 Å². The fourth-order valence-corrected chi connectivity index (χ4v) is 2.82. The predicted molar refractivity (Wildman–Crippen MR) is 77.2 cm³/mol. The molecule has 98 valence electrons. The average Bonchev–Trinajstić information content (AvgIpc) is 2.55. The summed E-state index contributed by atoms with van der Waals surface area (Å²) in [5, 5.41) is 5.14. The van der Waals surface area contributed by atoms with Gasteiger partial charge >= 0.3 is 0 Å². The number of hydrogen-bond acceptors (Lipinski definition) is 2. The van der Waals surface area contributed by atoms with E-state index in [4.69, 9.17) is 11.6 Å². The van der Waals surface area contributed by atoms with E-state index in [0.29, 0.717) is 10.7 Å².